The lowest BCUT2D eigenvalue weighted by molar-refractivity contribution is -0.161. The molecule has 19 heteroatoms. The summed E-state index contributed by atoms with van der Waals surface area (Å²) in [6, 6.07) is 0. The molecule has 0 spiro atoms. The highest BCUT2D eigenvalue weighted by molar-refractivity contribution is 7.47. The predicted molar refractivity (Wildman–Crippen MR) is 391 cm³/mol. The molecule has 0 aliphatic rings. The van der Waals surface area contributed by atoms with Crippen LogP contribution >= 0.6 is 15.6 Å². The molecule has 0 bridgehead atoms. The van der Waals surface area contributed by atoms with E-state index in [0.717, 1.165) is 108 Å². The summed E-state index contributed by atoms with van der Waals surface area (Å²) >= 11 is 0. The van der Waals surface area contributed by atoms with Crippen LogP contribution in [0.4, 0.5) is 0 Å². The van der Waals surface area contributed by atoms with Gasteiger partial charge in [-0.15, -0.1) is 0 Å². The maximum Gasteiger partial charge on any atom is 0.472 e. The summed E-state index contributed by atoms with van der Waals surface area (Å²) < 4.78 is 68.5. The molecule has 0 rings (SSSR count). The van der Waals surface area contributed by atoms with Gasteiger partial charge in [-0.25, -0.2) is 9.13 Å². The first-order chi connectivity index (χ1) is 46.2. The molecule has 0 radical (unpaired) electrons. The molecule has 0 saturated carbocycles. The fourth-order valence-corrected chi connectivity index (χ4v) is 13.4. The zero-order valence-electron chi connectivity index (χ0n) is 62.8. The SMILES string of the molecule is CCCCCCCCCCCCC(=O)OC[C@H](COP(=O)(O)OC[C@H](O)COP(=O)(O)OC[C@@H](COC(=O)CCCCCCCCCCCCCCCC(C)C)OC(=O)CCCCCCCCCCCCCCCCCC(C)C)OC(=O)CCCCCCCCCCCC(C)C. The third-order valence-corrected chi connectivity index (χ3v) is 19.8. The van der Waals surface area contributed by atoms with Crippen LogP contribution < -0.4 is 0 Å². The normalized spacial score (nSPS) is 14.1. The van der Waals surface area contributed by atoms with Gasteiger partial charge in [0, 0.05) is 25.7 Å². The predicted octanol–water partition coefficient (Wildman–Crippen LogP) is 22.6. The average molecular weight is 1410 g/mol. The Morgan fingerprint density at radius 3 is 0.708 bits per heavy atom. The summed E-state index contributed by atoms with van der Waals surface area (Å²) in [5, 5.41) is 10.6. The molecule has 0 aromatic carbocycles. The van der Waals surface area contributed by atoms with E-state index in [2.05, 4.69) is 48.5 Å². The molecule has 17 nitrogen and oxygen atoms in total. The Balaban J connectivity index is 5.24. The Hall–Kier alpha value is -1.94. The van der Waals surface area contributed by atoms with Crippen molar-refractivity contribution in [3.05, 3.63) is 0 Å². The van der Waals surface area contributed by atoms with Crippen LogP contribution in [0.5, 0.6) is 0 Å². The summed E-state index contributed by atoms with van der Waals surface area (Å²) in [4.78, 5) is 72.8. The molecule has 0 aliphatic carbocycles. The van der Waals surface area contributed by atoms with E-state index < -0.39 is 97.5 Å². The van der Waals surface area contributed by atoms with Gasteiger partial charge in [0.25, 0.3) is 0 Å². The van der Waals surface area contributed by atoms with Crippen LogP contribution in [-0.2, 0) is 65.4 Å². The number of unbranched alkanes of at least 4 members (excludes halogenated alkanes) is 43. The van der Waals surface area contributed by atoms with E-state index in [1.54, 1.807) is 0 Å². The van der Waals surface area contributed by atoms with Crippen molar-refractivity contribution in [3.8, 4) is 0 Å². The van der Waals surface area contributed by atoms with E-state index in [9.17, 15) is 43.2 Å². The van der Waals surface area contributed by atoms with Crippen LogP contribution in [0.25, 0.3) is 0 Å². The summed E-state index contributed by atoms with van der Waals surface area (Å²) in [6.45, 7) is 11.9. The number of aliphatic hydroxyl groups excluding tert-OH is 1. The molecule has 0 aliphatic heterocycles. The molecule has 0 fully saturated rings. The second-order valence-electron chi connectivity index (χ2n) is 29.2. The number of esters is 4. The highest BCUT2D eigenvalue weighted by Crippen LogP contribution is 2.45. The first kappa shape index (κ1) is 94.1. The largest absolute Gasteiger partial charge is 0.472 e. The number of ether oxygens (including phenoxy) is 4. The van der Waals surface area contributed by atoms with Crippen LogP contribution in [-0.4, -0.2) is 96.7 Å². The maximum atomic E-state index is 13.1. The van der Waals surface area contributed by atoms with Gasteiger partial charge < -0.3 is 33.8 Å². The molecular weight excluding hydrogens is 1260 g/mol. The minimum Gasteiger partial charge on any atom is -0.462 e. The highest BCUT2D eigenvalue weighted by atomic mass is 31.2. The third kappa shape index (κ3) is 70.5. The second kappa shape index (κ2) is 67.5. The zero-order valence-corrected chi connectivity index (χ0v) is 64.6. The van der Waals surface area contributed by atoms with Crippen molar-refractivity contribution in [1.29, 1.82) is 0 Å². The fraction of sp³-hybridized carbons (Fsp3) is 0.948. The topological polar surface area (TPSA) is 237 Å². The molecular formula is C77H150O17P2. The lowest BCUT2D eigenvalue weighted by Gasteiger charge is -2.21. The van der Waals surface area contributed by atoms with E-state index >= 15 is 0 Å². The number of rotatable bonds is 75. The average Bonchev–Trinajstić information content (AvgIpc) is 1.44. The van der Waals surface area contributed by atoms with Gasteiger partial charge in [0.2, 0.25) is 0 Å². The van der Waals surface area contributed by atoms with Gasteiger partial charge in [-0.1, -0.05) is 344 Å². The van der Waals surface area contributed by atoms with Gasteiger partial charge >= 0.3 is 39.5 Å². The Bertz CT molecular complexity index is 1870. The molecule has 5 atom stereocenters. The van der Waals surface area contributed by atoms with Crippen molar-refractivity contribution < 1.29 is 80.2 Å². The van der Waals surface area contributed by atoms with Crippen LogP contribution in [0.1, 0.15) is 395 Å². The summed E-state index contributed by atoms with van der Waals surface area (Å²) in [5.41, 5.74) is 0. The molecule has 0 aromatic rings. The van der Waals surface area contributed by atoms with Gasteiger partial charge in [-0.2, -0.15) is 0 Å². The number of hydrogen-bond donors (Lipinski definition) is 3. The van der Waals surface area contributed by atoms with Crippen molar-refractivity contribution in [2.45, 2.75) is 414 Å². The number of carbonyl (C=O) groups is 4. The van der Waals surface area contributed by atoms with E-state index in [0.29, 0.717) is 25.7 Å². The van der Waals surface area contributed by atoms with Crippen LogP contribution in [0.2, 0.25) is 0 Å². The van der Waals surface area contributed by atoms with E-state index in [-0.39, 0.29) is 25.7 Å². The monoisotopic (exact) mass is 1410 g/mol. The second-order valence-corrected chi connectivity index (χ2v) is 32.1. The molecule has 0 heterocycles. The number of aliphatic hydroxyl groups is 1. The Labute approximate surface area is 588 Å². The molecule has 2 unspecified atom stereocenters. The third-order valence-electron chi connectivity index (χ3n) is 17.9. The lowest BCUT2D eigenvalue weighted by Crippen LogP contribution is -2.30. The Morgan fingerprint density at radius 2 is 0.479 bits per heavy atom. The number of phosphoric acid groups is 2. The minimum atomic E-state index is -4.96. The maximum absolute atomic E-state index is 13.1. The first-order valence-electron chi connectivity index (χ1n) is 39.8. The van der Waals surface area contributed by atoms with E-state index in [4.69, 9.17) is 37.0 Å². The molecule has 96 heavy (non-hydrogen) atoms. The van der Waals surface area contributed by atoms with Gasteiger partial charge in [0.15, 0.2) is 12.2 Å². The standard InChI is InChI=1S/C77H150O17P2/c1-8-9-10-11-12-13-30-37-44-51-58-74(79)87-64-73(94-77(82)61-54-47-40-33-26-29-36-43-50-57-70(6)7)67-92-96(85,86)90-63-71(78)62-89-95(83,84)91-66-72(65-88-75(80)59-52-45-38-31-24-21-17-19-23-28-35-42-49-56-69(4)5)93-76(81)60-53-46-39-32-25-20-16-14-15-18-22-27-34-41-48-55-68(2)3/h68-73,78H,8-67H2,1-7H3,(H,83,84)(H,85,86)/t71-,72-,73-/m1/s1. The van der Waals surface area contributed by atoms with Crippen molar-refractivity contribution in [3.63, 3.8) is 0 Å². The smallest absolute Gasteiger partial charge is 0.462 e. The first-order valence-corrected chi connectivity index (χ1v) is 42.8. The van der Waals surface area contributed by atoms with Crippen molar-refractivity contribution >= 4 is 39.5 Å². The minimum absolute atomic E-state index is 0.105. The van der Waals surface area contributed by atoms with Gasteiger partial charge in [0.1, 0.15) is 19.3 Å². The van der Waals surface area contributed by atoms with E-state index in [1.807, 2.05) is 0 Å². The summed E-state index contributed by atoms with van der Waals surface area (Å²) in [6.07, 6.45) is 54.1. The van der Waals surface area contributed by atoms with Gasteiger partial charge in [0.05, 0.1) is 26.4 Å². The van der Waals surface area contributed by atoms with Crippen LogP contribution in [0, 0.1) is 17.8 Å². The fourth-order valence-electron chi connectivity index (χ4n) is 11.8. The number of hydrogen-bond acceptors (Lipinski definition) is 15. The van der Waals surface area contributed by atoms with Crippen molar-refractivity contribution in [1.82, 2.24) is 0 Å². The Morgan fingerprint density at radius 1 is 0.281 bits per heavy atom. The summed E-state index contributed by atoms with van der Waals surface area (Å²) in [7, 11) is -9.91. The van der Waals surface area contributed by atoms with E-state index in [1.165, 1.54) is 205 Å². The molecule has 0 amide bonds. The number of carbonyl (C=O) groups excluding carboxylic acids is 4. The lowest BCUT2D eigenvalue weighted by atomic mass is 10.0. The van der Waals surface area contributed by atoms with Crippen LogP contribution in [0.3, 0.4) is 0 Å². The molecule has 0 aromatic heterocycles. The summed E-state index contributed by atoms with van der Waals surface area (Å²) in [5.74, 6) is 0.214. The van der Waals surface area contributed by atoms with Crippen molar-refractivity contribution in [2.24, 2.45) is 17.8 Å². The molecule has 3 N–H and O–H groups in total. The highest BCUT2D eigenvalue weighted by Gasteiger charge is 2.30. The quantitative estimate of drug-likeness (QED) is 0.0222. The van der Waals surface area contributed by atoms with Gasteiger partial charge in [-0.3, -0.25) is 37.3 Å². The zero-order chi connectivity index (χ0) is 70.9. The van der Waals surface area contributed by atoms with Gasteiger partial charge in [-0.05, 0) is 43.4 Å². The molecule has 0 saturated heterocycles. The Kier molecular flexibility index (Phi) is 66.2. The van der Waals surface area contributed by atoms with Crippen molar-refractivity contribution in [2.75, 3.05) is 39.6 Å². The molecule has 570 valence electrons. The number of phosphoric ester groups is 2. The van der Waals surface area contributed by atoms with Crippen LogP contribution in [0.15, 0.2) is 0 Å².